The van der Waals surface area contributed by atoms with Crippen molar-refractivity contribution >= 4 is 28.0 Å². The van der Waals surface area contributed by atoms with Gasteiger partial charge in [0.2, 0.25) is 0 Å². The Balaban J connectivity index is 1.42. The highest BCUT2D eigenvalue weighted by molar-refractivity contribution is 9.10. The van der Waals surface area contributed by atoms with Crippen LogP contribution >= 0.6 is 15.9 Å². The van der Waals surface area contributed by atoms with Gasteiger partial charge in [-0.1, -0.05) is 76.6 Å². The minimum Gasteiger partial charge on any atom is -0.465 e. The molecule has 5 rings (SSSR count). The molecule has 5 nitrogen and oxygen atoms in total. The topological polar surface area (TPSA) is 66.8 Å². The van der Waals surface area contributed by atoms with Gasteiger partial charge in [-0.25, -0.2) is 4.79 Å². The third-order valence-corrected chi connectivity index (χ3v) is 7.55. The van der Waals surface area contributed by atoms with Crippen LogP contribution in [0.2, 0.25) is 0 Å². The van der Waals surface area contributed by atoms with Crippen molar-refractivity contribution in [1.82, 2.24) is 4.90 Å². The van der Waals surface area contributed by atoms with Crippen LogP contribution in [0, 0.1) is 0 Å². The number of hydrogen-bond acceptors (Lipinski definition) is 3. The van der Waals surface area contributed by atoms with Gasteiger partial charge in [-0.15, -0.1) is 0 Å². The predicted molar refractivity (Wildman–Crippen MR) is 129 cm³/mol. The monoisotopic (exact) mass is 505 g/mol. The van der Waals surface area contributed by atoms with Gasteiger partial charge in [0.05, 0.1) is 5.41 Å². The highest BCUT2D eigenvalue weighted by atomic mass is 79.9. The number of benzene rings is 3. The van der Waals surface area contributed by atoms with Crippen LogP contribution in [0.3, 0.4) is 0 Å². The Labute approximate surface area is 201 Å². The minimum atomic E-state index is -0.952. The van der Waals surface area contributed by atoms with E-state index in [1.807, 2.05) is 48.5 Å². The quantitative estimate of drug-likeness (QED) is 0.453. The van der Waals surface area contributed by atoms with E-state index in [2.05, 4.69) is 40.2 Å². The predicted octanol–water partition coefficient (Wildman–Crippen LogP) is 5.82. The molecule has 0 bridgehead atoms. The number of esters is 1. The molecule has 6 heteroatoms. The number of rotatable bonds is 4. The largest absolute Gasteiger partial charge is 0.465 e. The normalized spacial score (nSPS) is 16.7. The van der Waals surface area contributed by atoms with Crippen LogP contribution < -0.4 is 0 Å². The summed E-state index contributed by atoms with van der Waals surface area (Å²) in [4.78, 5) is 26.5. The van der Waals surface area contributed by atoms with Crippen molar-refractivity contribution < 1.29 is 19.4 Å². The van der Waals surface area contributed by atoms with Crippen LogP contribution in [-0.4, -0.2) is 41.8 Å². The molecule has 0 aromatic heterocycles. The van der Waals surface area contributed by atoms with Crippen molar-refractivity contribution in [3.05, 3.63) is 94.0 Å². The average Bonchev–Trinajstić information content (AvgIpc) is 3.16. The average molecular weight is 506 g/mol. The van der Waals surface area contributed by atoms with Gasteiger partial charge in [0.15, 0.2) is 0 Å². The number of nitrogens with zero attached hydrogens (tertiary/aromatic N) is 1. The van der Waals surface area contributed by atoms with Crippen LogP contribution in [0.5, 0.6) is 0 Å². The second-order valence-corrected chi connectivity index (χ2v) is 9.60. The molecule has 0 saturated carbocycles. The van der Waals surface area contributed by atoms with E-state index in [0.29, 0.717) is 25.9 Å². The summed E-state index contributed by atoms with van der Waals surface area (Å²) in [6.07, 6.45) is -0.151. The van der Waals surface area contributed by atoms with Gasteiger partial charge in [-0.05, 0) is 52.8 Å². The molecule has 2 aliphatic rings. The Morgan fingerprint density at radius 1 is 0.909 bits per heavy atom. The van der Waals surface area contributed by atoms with Gasteiger partial charge in [0.1, 0.15) is 6.61 Å². The number of piperidine rings is 1. The fourth-order valence-electron chi connectivity index (χ4n) is 5.20. The number of hydrogen-bond donors (Lipinski definition) is 1. The zero-order valence-electron chi connectivity index (χ0n) is 18.0. The van der Waals surface area contributed by atoms with Crippen molar-refractivity contribution in [1.29, 1.82) is 0 Å². The molecule has 1 aliphatic carbocycles. The molecule has 3 aromatic carbocycles. The number of halogens is 1. The fourth-order valence-corrected chi connectivity index (χ4v) is 5.46. The van der Waals surface area contributed by atoms with Gasteiger partial charge in [0.25, 0.3) is 0 Å². The van der Waals surface area contributed by atoms with Gasteiger partial charge < -0.3 is 14.7 Å². The second kappa shape index (κ2) is 8.67. The van der Waals surface area contributed by atoms with Gasteiger partial charge in [-0.2, -0.15) is 0 Å². The number of carbonyl (C=O) groups is 2. The van der Waals surface area contributed by atoms with Crippen LogP contribution in [0.25, 0.3) is 11.1 Å². The van der Waals surface area contributed by atoms with Gasteiger partial charge >= 0.3 is 12.1 Å². The first kappa shape index (κ1) is 21.7. The van der Waals surface area contributed by atoms with E-state index in [1.54, 1.807) is 0 Å². The van der Waals surface area contributed by atoms with Crippen molar-refractivity contribution in [3.8, 4) is 11.1 Å². The van der Waals surface area contributed by atoms with E-state index in [0.717, 1.165) is 10.0 Å². The SMILES string of the molecule is O=C(O)N1CCC(C(=O)OCC2c3ccccc3-c3ccccc32)(c2ccc(Br)cc2)CC1. The molecule has 3 aromatic rings. The molecule has 1 heterocycles. The molecule has 0 radical (unpaired) electrons. The lowest BCUT2D eigenvalue weighted by atomic mass is 9.72. The molecule has 1 amide bonds. The summed E-state index contributed by atoms with van der Waals surface area (Å²) in [5.41, 5.74) is 4.73. The van der Waals surface area contributed by atoms with E-state index in [-0.39, 0.29) is 18.5 Å². The Hall–Kier alpha value is -3.12. The number of likely N-dealkylation sites (tertiary alicyclic amines) is 1. The molecule has 1 N–H and O–H groups in total. The standard InChI is InChI=1S/C27H24BrNO4/c28-19-11-9-18(10-12-19)27(13-15-29(16-14-27)26(31)32)25(30)33-17-24-22-7-3-1-5-20(22)21-6-2-4-8-23(21)24/h1-12,24H,13-17H2,(H,31,32). The summed E-state index contributed by atoms with van der Waals surface area (Å²) < 4.78 is 6.97. The van der Waals surface area contributed by atoms with Crippen molar-refractivity contribution in [2.45, 2.75) is 24.2 Å². The highest BCUT2D eigenvalue weighted by Crippen LogP contribution is 2.45. The van der Waals surface area contributed by atoms with Crippen LogP contribution in [0.4, 0.5) is 4.79 Å². The molecule has 1 aliphatic heterocycles. The van der Waals surface area contributed by atoms with Gasteiger partial charge in [-0.3, -0.25) is 4.79 Å². The van der Waals surface area contributed by atoms with Gasteiger partial charge in [0, 0.05) is 23.5 Å². The lowest BCUT2D eigenvalue weighted by molar-refractivity contribution is -0.153. The molecule has 1 fully saturated rings. The third kappa shape index (κ3) is 3.82. The van der Waals surface area contributed by atoms with E-state index in [1.165, 1.54) is 27.2 Å². The molecule has 168 valence electrons. The summed E-state index contributed by atoms with van der Waals surface area (Å²) in [6, 6.07) is 24.2. The van der Waals surface area contributed by atoms with E-state index < -0.39 is 11.5 Å². The maximum Gasteiger partial charge on any atom is 0.407 e. The Morgan fingerprint density at radius 3 is 2.00 bits per heavy atom. The Bertz CT molecular complexity index is 1150. The van der Waals surface area contributed by atoms with E-state index in [4.69, 9.17) is 4.74 Å². The first-order valence-electron chi connectivity index (χ1n) is 11.1. The summed E-state index contributed by atoms with van der Waals surface area (Å²) >= 11 is 3.46. The first-order chi connectivity index (χ1) is 16.0. The molecular weight excluding hydrogens is 482 g/mol. The summed E-state index contributed by atoms with van der Waals surface area (Å²) in [5, 5.41) is 9.39. The maximum atomic E-state index is 13.7. The number of carbonyl (C=O) groups excluding carboxylic acids is 1. The van der Waals surface area contributed by atoms with E-state index in [9.17, 15) is 14.7 Å². The minimum absolute atomic E-state index is 0.0116. The zero-order valence-corrected chi connectivity index (χ0v) is 19.6. The fraction of sp³-hybridized carbons (Fsp3) is 0.259. The van der Waals surface area contributed by atoms with Crippen molar-refractivity contribution in [3.63, 3.8) is 0 Å². The van der Waals surface area contributed by atoms with E-state index >= 15 is 0 Å². The van der Waals surface area contributed by atoms with Crippen LogP contribution in [0.1, 0.15) is 35.4 Å². The molecule has 33 heavy (non-hydrogen) atoms. The lowest BCUT2D eigenvalue weighted by Gasteiger charge is -2.39. The zero-order chi connectivity index (χ0) is 23.0. The van der Waals surface area contributed by atoms with Crippen molar-refractivity contribution in [2.24, 2.45) is 0 Å². The van der Waals surface area contributed by atoms with Crippen LogP contribution in [0.15, 0.2) is 77.3 Å². The Kier molecular flexibility index (Phi) is 5.71. The molecule has 0 unspecified atom stereocenters. The third-order valence-electron chi connectivity index (χ3n) is 7.02. The summed E-state index contributed by atoms with van der Waals surface area (Å²) in [6.45, 7) is 0.860. The molecule has 0 atom stereocenters. The summed E-state index contributed by atoms with van der Waals surface area (Å²) in [7, 11) is 0. The van der Waals surface area contributed by atoms with Crippen molar-refractivity contribution in [2.75, 3.05) is 19.7 Å². The number of fused-ring (bicyclic) bond motifs is 3. The number of amides is 1. The molecular formula is C27H24BrNO4. The molecule has 1 saturated heterocycles. The summed E-state index contributed by atoms with van der Waals surface area (Å²) in [5.74, 6) is -0.292. The molecule has 0 spiro atoms. The number of ether oxygens (including phenoxy) is 1. The second-order valence-electron chi connectivity index (χ2n) is 8.68. The van der Waals surface area contributed by atoms with Crippen LogP contribution in [-0.2, 0) is 14.9 Å². The number of carboxylic acid groups (broad SMARTS) is 1. The maximum absolute atomic E-state index is 13.7. The smallest absolute Gasteiger partial charge is 0.407 e. The Morgan fingerprint density at radius 2 is 1.45 bits per heavy atom. The lowest BCUT2D eigenvalue weighted by Crippen LogP contribution is -2.49. The highest BCUT2D eigenvalue weighted by Gasteiger charge is 2.45. The first-order valence-corrected chi connectivity index (χ1v) is 11.9.